The number of amides is 1. The maximum absolute atomic E-state index is 13.5. The minimum Gasteiger partial charge on any atom is -0.507 e. The van der Waals surface area contributed by atoms with Crippen molar-refractivity contribution in [3.05, 3.63) is 94.0 Å². The van der Waals surface area contributed by atoms with E-state index in [1.165, 1.54) is 4.90 Å². The molecular weight excluding hydrogens is 488 g/mol. The minimum atomic E-state index is -0.833. The van der Waals surface area contributed by atoms with Crippen LogP contribution in [0.3, 0.4) is 0 Å². The molecule has 1 heterocycles. The number of rotatable bonds is 8. The van der Waals surface area contributed by atoms with Gasteiger partial charge >= 0.3 is 0 Å². The molecule has 6 nitrogen and oxygen atoms in total. The Balaban J connectivity index is 1.91. The molecule has 0 aromatic heterocycles. The number of Topliss-reactive ketones (excluding diaryl/α,β-unsaturated/α-hetero) is 1. The van der Waals surface area contributed by atoms with Crippen LogP contribution in [0.25, 0.3) is 5.76 Å². The van der Waals surface area contributed by atoms with Gasteiger partial charge in [0, 0.05) is 30.0 Å². The monoisotopic (exact) mass is 518 g/mol. The van der Waals surface area contributed by atoms with Crippen LogP contribution in [0.5, 0.6) is 5.75 Å². The smallest absolute Gasteiger partial charge is 0.300 e. The van der Waals surface area contributed by atoms with Crippen molar-refractivity contribution in [1.29, 1.82) is 0 Å². The second kappa shape index (κ2) is 11.1. The standard InChI is InChI=1S/C30H31ClN2O4/c1-5-32(6-2)21-14-10-20(11-15-21)27-26(28(34)24-18-23(37-7-3)16-17-25(24)31)29(35)30(36)33(27)22-12-8-19(4)9-13-22/h8-18,27,34H,5-7H2,1-4H3/b28-26+. The Morgan fingerprint density at radius 1 is 0.973 bits per heavy atom. The molecule has 1 unspecified atom stereocenters. The number of benzene rings is 3. The van der Waals surface area contributed by atoms with Gasteiger partial charge in [-0.25, -0.2) is 0 Å². The first kappa shape index (κ1) is 26.3. The zero-order chi connectivity index (χ0) is 26.7. The highest BCUT2D eigenvalue weighted by Gasteiger charge is 2.47. The molecule has 0 bridgehead atoms. The lowest BCUT2D eigenvalue weighted by atomic mass is 9.94. The molecule has 1 aliphatic heterocycles. The molecule has 0 saturated carbocycles. The Kier molecular flexibility index (Phi) is 7.89. The van der Waals surface area contributed by atoms with Crippen LogP contribution >= 0.6 is 11.6 Å². The van der Waals surface area contributed by atoms with E-state index in [0.717, 1.165) is 24.3 Å². The van der Waals surface area contributed by atoms with Crippen LogP contribution in [0.15, 0.2) is 72.3 Å². The van der Waals surface area contributed by atoms with Crippen LogP contribution in [-0.2, 0) is 9.59 Å². The van der Waals surface area contributed by atoms with Crippen molar-refractivity contribution in [1.82, 2.24) is 0 Å². The molecule has 0 radical (unpaired) electrons. The summed E-state index contributed by atoms with van der Waals surface area (Å²) in [5.41, 5.74) is 3.55. The minimum absolute atomic E-state index is 0.0169. The Labute approximate surface area is 222 Å². The summed E-state index contributed by atoms with van der Waals surface area (Å²) in [5.74, 6) is -1.31. The highest BCUT2D eigenvalue weighted by Crippen LogP contribution is 2.43. The second-order valence-electron chi connectivity index (χ2n) is 8.84. The summed E-state index contributed by atoms with van der Waals surface area (Å²) in [5, 5.41) is 11.7. The van der Waals surface area contributed by atoms with E-state index in [0.29, 0.717) is 23.6 Å². The highest BCUT2D eigenvalue weighted by molar-refractivity contribution is 6.52. The quantitative estimate of drug-likeness (QED) is 0.209. The van der Waals surface area contributed by atoms with Crippen LogP contribution in [-0.4, -0.2) is 36.5 Å². The van der Waals surface area contributed by atoms with E-state index < -0.39 is 17.7 Å². The lowest BCUT2D eigenvalue weighted by Gasteiger charge is -2.27. The molecule has 1 saturated heterocycles. The third-order valence-corrected chi connectivity index (χ3v) is 6.93. The number of anilines is 2. The molecule has 192 valence electrons. The first-order valence-corrected chi connectivity index (χ1v) is 12.8. The number of ether oxygens (including phenoxy) is 1. The van der Waals surface area contributed by atoms with Crippen LogP contribution in [0.4, 0.5) is 11.4 Å². The number of aliphatic hydroxyl groups is 1. The molecule has 4 rings (SSSR count). The lowest BCUT2D eigenvalue weighted by Crippen LogP contribution is -2.29. The largest absolute Gasteiger partial charge is 0.507 e. The van der Waals surface area contributed by atoms with E-state index in [-0.39, 0.29) is 21.9 Å². The first-order valence-electron chi connectivity index (χ1n) is 12.5. The summed E-state index contributed by atoms with van der Waals surface area (Å²) in [7, 11) is 0. The van der Waals surface area contributed by atoms with Crippen LogP contribution in [0.2, 0.25) is 5.02 Å². The molecule has 1 amide bonds. The summed E-state index contributed by atoms with van der Waals surface area (Å²) in [6.45, 7) is 10.1. The molecule has 1 aliphatic rings. The average Bonchev–Trinajstić information content (AvgIpc) is 3.17. The van der Waals surface area contributed by atoms with Crippen LogP contribution in [0.1, 0.15) is 43.5 Å². The average molecular weight is 519 g/mol. The Morgan fingerprint density at radius 2 is 1.62 bits per heavy atom. The first-order chi connectivity index (χ1) is 17.8. The van der Waals surface area contributed by atoms with Gasteiger partial charge in [-0.15, -0.1) is 0 Å². The number of carbonyl (C=O) groups is 2. The number of aliphatic hydroxyl groups excluding tert-OH is 1. The van der Waals surface area contributed by atoms with Gasteiger partial charge in [-0.05, 0) is 75.7 Å². The normalized spacial score (nSPS) is 16.8. The van der Waals surface area contributed by atoms with Crippen molar-refractivity contribution >= 4 is 40.4 Å². The fourth-order valence-electron chi connectivity index (χ4n) is 4.66. The summed E-state index contributed by atoms with van der Waals surface area (Å²) < 4.78 is 5.57. The van der Waals surface area contributed by atoms with Gasteiger partial charge in [0.05, 0.1) is 23.2 Å². The van der Waals surface area contributed by atoms with Gasteiger partial charge in [-0.2, -0.15) is 0 Å². The zero-order valence-electron chi connectivity index (χ0n) is 21.5. The highest BCUT2D eigenvalue weighted by atomic mass is 35.5. The fraction of sp³-hybridized carbons (Fsp3) is 0.267. The van der Waals surface area contributed by atoms with Gasteiger partial charge in [0.15, 0.2) is 0 Å². The number of hydrogen-bond donors (Lipinski definition) is 1. The molecule has 0 spiro atoms. The Hall–Kier alpha value is -3.77. The van der Waals surface area contributed by atoms with Crippen molar-refractivity contribution in [2.24, 2.45) is 0 Å². The summed E-state index contributed by atoms with van der Waals surface area (Å²) in [4.78, 5) is 30.5. The molecule has 3 aromatic carbocycles. The van der Waals surface area contributed by atoms with E-state index in [1.807, 2.05) is 50.2 Å². The van der Waals surface area contributed by atoms with Gasteiger partial charge in [-0.3, -0.25) is 14.5 Å². The molecule has 1 fully saturated rings. The topological polar surface area (TPSA) is 70.1 Å². The van der Waals surface area contributed by atoms with Crippen molar-refractivity contribution in [2.75, 3.05) is 29.5 Å². The number of nitrogens with zero attached hydrogens (tertiary/aromatic N) is 2. The Morgan fingerprint density at radius 3 is 2.22 bits per heavy atom. The van der Waals surface area contributed by atoms with Gasteiger partial charge in [0.2, 0.25) is 0 Å². The van der Waals surface area contributed by atoms with Crippen molar-refractivity contribution < 1.29 is 19.4 Å². The maximum atomic E-state index is 13.5. The number of carbonyl (C=O) groups excluding carboxylic acids is 2. The molecule has 0 aliphatic carbocycles. The van der Waals surface area contributed by atoms with Crippen molar-refractivity contribution in [3.63, 3.8) is 0 Å². The van der Waals surface area contributed by atoms with Gasteiger partial charge < -0.3 is 14.7 Å². The number of ketones is 1. The molecule has 1 atom stereocenters. The van der Waals surface area contributed by atoms with Crippen molar-refractivity contribution in [2.45, 2.75) is 33.7 Å². The maximum Gasteiger partial charge on any atom is 0.300 e. The summed E-state index contributed by atoms with van der Waals surface area (Å²) in [6, 6.07) is 19.2. The van der Waals surface area contributed by atoms with Gasteiger partial charge in [-0.1, -0.05) is 41.4 Å². The van der Waals surface area contributed by atoms with Crippen molar-refractivity contribution in [3.8, 4) is 5.75 Å². The summed E-state index contributed by atoms with van der Waals surface area (Å²) in [6.07, 6.45) is 0. The van der Waals surface area contributed by atoms with E-state index in [9.17, 15) is 14.7 Å². The molecule has 3 aromatic rings. The van der Waals surface area contributed by atoms with Gasteiger partial charge in [0.25, 0.3) is 11.7 Å². The number of halogens is 1. The molecule has 1 N–H and O–H groups in total. The second-order valence-corrected chi connectivity index (χ2v) is 9.25. The SMILES string of the molecule is CCOc1ccc(Cl)c(/C(O)=C2\C(=O)C(=O)N(c3ccc(C)cc3)C2c2ccc(N(CC)CC)cc2)c1. The molecule has 7 heteroatoms. The van der Waals surface area contributed by atoms with E-state index >= 15 is 0 Å². The van der Waals surface area contributed by atoms with E-state index in [4.69, 9.17) is 16.3 Å². The van der Waals surface area contributed by atoms with Crippen LogP contribution < -0.4 is 14.5 Å². The summed E-state index contributed by atoms with van der Waals surface area (Å²) >= 11 is 6.44. The lowest BCUT2D eigenvalue weighted by molar-refractivity contribution is -0.132. The third kappa shape index (κ3) is 5.07. The number of hydrogen-bond acceptors (Lipinski definition) is 5. The van der Waals surface area contributed by atoms with Crippen LogP contribution in [0, 0.1) is 6.92 Å². The van der Waals surface area contributed by atoms with Gasteiger partial charge in [0.1, 0.15) is 11.5 Å². The molecular formula is C30H31ClN2O4. The zero-order valence-corrected chi connectivity index (χ0v) is 22.2. The third-order valence-electron chi connectivity index (χ3n) is 6.60. The van der Waals surface area contributed by atoms with E-state index in [1.54, 1.807) is 30.3 Å². The predicted molar refractivity (Wildman–Crippen MR) is 149 cm³/mol. The predicted octanol–water partition coefficient (Wildman–Crippen LogP) is 6.52. The number of aryl methyl sites for hydroxylation is 1. The van der Waals surface area contributed by atoms with E-state index in [2.05, 4.69) is 18.7 Å². The fourth-order valence-corrected chi connectivity index (χ4v) is 4.87. The Bertz CT molecular complexity index is 1330. The molecule has 37 heavy (non-hydrogen) atoms.